The van der Waals surface area contributed by atoms with Gasteiger partial charge in [0.2, 0.25) is 0 Å². The third-order valence-electron chi connectivity index (χ3n) is 6.51. The van der Waals surface area contributed by atoms with E-state index in [1.807, 2.05) is 42.1 Å². The molecule has 1 aliphatic heterocycles. The number of hydrogen-bond acceptors (Lipinski definition) is 5. The van der Waals surface area contributed by atoms with Crippen molar-refractivity contribution in [2.75, 3.05) is 0 Å². The van der Waals surface area contributed by atoms with Gasteiger partial charge in [0.1, 0.15) is 6.10 Å². The standard InChI is InChI=1S/C22H27N3O3/c1-4-18-14(2)11-22(27)20(15(3)28-21(22)26)19(18)8-6-16-5-7-17(12-24-16)25-10-9-23-13-25/h5-10,12-15,18-20,27H,4,11H2,1-3H3/b8-6+/t14-,15+,18+,19-,20-,22-/m0/s1. The van der Waals surface area contributed by atoms with Crippen LogP contribution in [0.25, 0.3) is 11.8 Å². The molecule has 1 aliphatic carbocycles. The van der Waals surface area contributed by atoms with E-state index in [0.717, 1.165) is 17.8 Å². The second-order valence-corrected chi connectivity index (χ2v) is 8.16. The first-order valence-corrected chi connectivity index (χ1v) is 10.00. The maximum absolute atomic E-state index is 12.3. The maximum Gasteiger partial charge on any atom is 0.338 e. The molecule has 0 spiro atoms. The van der Waals surface area contributed by atoms with Crippen LogP contribution in [-0.4, -0.2) is 37.3 Å². The van der Waals surface area contributed by atoms with Gasteiger partial charge in [-0.3, -0.25) is 4.98 Å². The summed E-state index contributed by atoms with van der Waals surface area (Å²) in [5, 5.41) is 11.1. The quantitative estimate of drug-likeness (QED) is 0.823. The van der Waals surface area contributed by atoms with Gasteiger partial charge in [0.25, 0.3) is 0 Å². The topological polar surface area (TPSA) is 77.2 Å². The Bertz CT molecular complexity index is 862. The molecule has 2 fully saturated rings. The predicted molar refractivity (Wildman–Crippen MR) is 105 cm³/mol. The zero-order valence-corrected chi connectivity index (χ0v) is 16.5. The average Bonchev–Trinajstić information content (AvgIpc) is 3.27. The summed E-state index contributed by atoms with van der Waals surface area (Å²) in [4.78, 5) is 20.9. The van der Waals surface area contributed by atoms with Gasteiger partial charge < -0.3 is 14.4 Å². The first kappa shape index (κ1) is 18.9. The molecule has 1 N–H and O–H groups in total. The number of aromatic nitrogens is 3. The number of pyridine rings is 1. The molecule has 1 saturated carbocycles. The molecule has 6 heteroatoms. The van der Waals surface area contributed by atoms with Gasteiger partial charge in [0, 0.05) is 18.3 Å². The molecule has 2 aromatic rings. The van der Waals surface area contributed by atoms with Crippen molar-refractivity contribution >= 4 is 12.0 Å². The highest BCUT2D eigenvalue weighted by Crippen LogP contribution is 2.52. The molecule has 0 bridgehead atoms. The van der Waals surface area contributed by atoms with Crippen molar-refractivity contribution in [2.24, 2.45) is 23.7 Å². The van der Waals surface area contributed by atoms with Crippen molar-refractivity contribution in [3.05, 3.63) is 48.8 Å². The molecule has 6 atom stereocenters. The monoisotopic (exact) mass is 381 g/mol. The zero-order chi connectivity index (χ0) is 19.9. The van der Waals surface area contributed by atoms with Crippen molar-refractivity contribution in [2.45, 2.75) is 45.3 Å². The lowest BCUT2D eigenvalue weighted by Crippen LogP contribution is -2.53. The van der Waals surface area contributed by atoms with Crippen LogP contribution in [-0.2, 0) is 9.53 Å². The normalized spacial score (nSPS) is 35.1. The molecule has 0 aromatic carbocycles. The third-order valence-corrected chi connectivity index (χ3v) is 6.51. The molecule has 28 heavy (non-hydrogen) atoms. The molecule has 6 nitrogen and oxygen atoms in total. The van der Waals surface area contributed by atoms with Crippen LogP contribution in [0.2, 0.25) is 0 Å². The van der Waals surface area contributed by atoms with E-state index >= 15 is 0 Å². The number of aliphatic hydroxyl groups is 1. The van der Waals surface area contributed by atoms with Gasteiger partial charge in [0.15, 0.2) is 5.60 Å². The highest BCUT2D eigenvalue weighted by atomic mass is 16.6. The van der Waals surface area contributed by atoms with E-state index in [9.17, 15) is 9.90 Å². The number of nitrogens with zero attached hydrogens (tertiary/aromatic N) is 3. The van der Waals surface area contributed by atoms with Crippen molar-refractivity contribution in [3.63, 3.8) is 0 Å². The molecule has 3 heterocycles. The third kappa shape index (κ3) is 3.05. The first-order chi connectivity index (χ1) is 13.4. The average molecular weight is 381 g/mol. The van der Waals surface area contributed by atoms with Crippen LogP contribution in [0.5, 0.6) is 0 Å². The SMILES string of the molecule is CC[C@H]1[C@H](/C=C/c2ccc(-n3ccnc3)cn2)[C@@H]2[C@@H](C)OC(=O)[C@]2(O)C[C@@H]1C. The van der Waals surface area contributed by atoms with E-state index in [-0.39, 0.29) is 23.9 Å². The Labute approximate surface area is 165 Å². The maximum atomic E-state index is 12.3. The Morgan fingerprint density at radius 1 is 1.39 bits per heavy atom. The summed E-state index contributed by atoms with van der Waals surface area (Å²) in [6.45, 7) is 6.19. The van der Waals surface area contributed by atoms with E-state index < -0.39 is 11.6 Å². The van der Waals surface area contributed by atoms with Crippen LogP contribution in [0.1, 0.15) is 39.3 Å². The minimum Gasteiger partial charge on any atom is -0.460 e. The minimum atomic E-state index is -1.38. The van der Waals surface area contributed by atoms with Gasteiger partial charge in [-0.25, -0.2) is 9.78 Å². The van der Waals surface area contributed by atoms with Gasteiger partial charge in [-0.1, -0.05) is 26.3 Å². The van der Waals surface area contributed by atoms with E-state index in [2.05, 4.69) is 29.9 Å². The molecule has 0 unspecified atom stereocenters. The summed E-state index contributed by atoms with van der Waals surface area (Å²) in [5.41, 5.74) is 0.418. The number of cyclic esters (lactones) is 1. The van der Waals surface area contributed by atoms with Crippen LogP contribution < -0.4 is 0 Å². The van der Waals surface area contributed by atoms with Gasteiger partial charge in [-0.05, 0) is 49.3 Å². The van der Waals surface area contributed by atoms with Crippen LogP contribution >= 0.6 is 0 Å². The van der Waals surface area contributed by atoms with Crippen molar-refractivity contribution in [1.29, 1.82) is 0 Å². The lowest BCUT2D eigenvalue weighted by atomic mass is 9.59. The fourth-order valence-electron chi connectivity index (χ4n) is 5.21. The second-order valence-electron chi connectivity index (χ2n) is 8.16. The van der Waals surface area contributed by atoms with Crippen molar-refractivity contribution < 1.29 is 14.6 Å². The Balaban J connectivity index is 1.61. The fraction of sp³-hybridized carbons (Fsp3) is 0.500. The van der Waals surface area contributed by atoms with Gasteiger partial charge in [0.05, 0.1) is 23.9 Å². The highest BCUT2D eigenvalue weighted by Gasteiger charge is 2.62. The Kier molecular flexibility index (Phi) is 4.83. The molecule has 0 radical (unpaired) electrons. The molecule has 1 saturated heterocycles. The summed E-state index contributed by atoms with van der Waals surface area (Å²) in [6, 6.07) is 3.96. The number of hydrogen-bond donors (Lipinski definition) is 1. The lowest BCUT2D eigenvalue weighted by molar-refractivity contribution is -0.160. The number of esters is 1. The molecule has 2 aromatic heterocycles. The second kappa shape index (κ2) is 7.17. The number of rotatable bonds is 4. The fourth-order valence-corrected chi connectivity index (χ4v) is 5.21. The summed E-state index contributed by atoms with van der Waals surface area (Å²) in [6.07, 6.45) is 12.5. The predicted octanol–water partition coefficient (Wildman–Crippen LogP) is 3.26. The number of ether oxygens (including phenoxy) is 1. The molecular formula is C22H27N3O3. The molecule has 148 valence electrons. The van der Waals surface area contributed by atoms with Gasteiger partial charge >= 0.3 is 5.97 Å². The smallest absolute Gasteiger partial charge is 0.338 e. The highest BCUT2D eigenvalue weighted by molar-refractivity contribution is 5.82. The summed E-state index contributed by atoms with van der Waals surface area (Å²) < 4.78 is 7.35. The van der Waals surface area contributed by atoms with Crippen LogP contribution in [0.4, 0.5) is 0 Å². The van der Waals surface area contributed by atoms with Crippen LogP contribution in [0, 0.1) is 23.7 Å². The molecule has 4 rings (SSSR count). The largest absolute Gasteiger partial charge is 0.460 e. The summed E-state index contributed by atoms with van der Waals surface area (Å²) in [5.74, 6) is 0.0181. The Morgan fingerprint density at radius 3 is 2.86 bits per heavy atom. The van der Waals surface area contributed by atoms with Crippen LogP contribution in [0.3, 0.4) is 0 Å². The molecule has 2 aliphatic rings. The molecule has 0 amide bonds. The number of carbonyl (C=O) groups is 1. The van der Waals surface area contributed by atoms with E-state index in [4.69, 9.17) is 4.74 Å². The summed E-state index contributed by atoms with van der Waals surface area (Å²) >= 11 is 0. The van der Waals surface area contributed by atoms with Crippen molar-refractivity contribution in [1.82, 2.24) is 14.5 Å². The minimum absolute atomic E-state index is 0.0651. The zero-order valence-electron chi connectivity index (χ0n) is 16.5. The molecular weight excluding hydrogens is 354 g/mol. The summed E-state index contributed by atoms with van der Waals surface area (Å²) in [7, 11) is 0. The van der Waals surface area contributed by atoms with Crippen molar-refractivity contribution in [3.8, 4) is 5.69 Å². The Hall–Kier alpha value is -2.47. The van der Waals surface area contributed by atoms with Gasteiger partial charge in [-0.2, -0.15) is 0 Å². The first-order valence-electron chi connectivity index (χ1n) is 10.00. The van der Waals surface area contributed by atoms with E-state index in [1.165, 1.54) is 0 Å². The van der Waals surface area contributed by atoms with Gasteiger partial charge in [-0.15, -0.1) is 0 Å². The van der Waals surface area contributed by atoms with E-state index in [0.29, 0.717) is 12.3 Å². The van der Waals surface area contributed by atoms with Crippen LogP contribution in [0.15, 0.2) is 43.1 Å². The number of allylic oxidation sites excluding steroid dienone is 1. The lowest BCUT2D eigenvalue weighted by Gasteiger charge is -2.45. The Morgan fingerprint density at radius 2 is 2.21 bits per heavy atom. The number of imidazole rings is 1. The number of carbonyl (C=O) groups excluding carboxylic acids is 1. The number of fused-ring (bicyclic) bond motifs is 1. The van der Waals surface area contributed by atoms with E-state index in [1.54, 1.807) is 12.5 Å².